The third-order valence-corrected chi connectivity index (χ3v) is 6.58. The predicted octanol–water partition coefficient (Wildman–Crippen LogP) is 3.75. The average Bonchev–Trinajstić information content (AvgIpc) is 3.32. The van der Waals surface area contributed by atoms with Crippen molar-refractivity contribution in [1.29, 1.82) is 0 Å². The highest BCUT2D eigenvalue weighted by Crippen LogP contribution is 2.38. The largest absolute Gasteiger partial charge is 0.493 e. The summed E-state index contributed by atoms with van der Waals surface area (Å²) in [6.07, 6.45) is 3.46. The van der Waals surface area contributed by atoms with E-state index < -0.39 is 5.97 Å². The van der Waals surface area contributed by atoms with Crippen LogP contribution in [0.2, 0.25) is 0 Å². The van der Waals surface area contributed by atoms with Gasteiger partial charge in [-0.25, -0.2) is 9.78 Å². The maximum atomic E-state index is 13.3. The van der Waals surface area contributed by atoms with Gasteiger partial charge >= 0.3 is 5.97 Å². The Kier molecular flexibility index (Phi) is 6.86. The number of para-hydroxylation sites is 1. The van der Waals surface area contributed by atoms with Gasteiger partial charge in [0.2, 0.25) is 0 Å². The fraction of sp³-hybridized carbons (Fsp3) is 0.321. The summed E-state index contributed by atoms with van der Waals surface area (Å²) in [5, 5.41) is 0.729. The molecule has 5 rings (SSSR count). The molecule has 0 bridgehead atoms. The first-order valence-electron chi connectivity index (χ1n) is 12.0. The Hall–Kier alpha value is -3.91. The molecule has 3 aromatic rings. The second kappa shape index (κ2) is 10.4. The Balaban J connectivity index is 1.47. The maximum absolute atomic E-state index is 13.3. The second-order valence-electron chi connectivity index (χ2n) is 8.68. The summed E-state index contributed by atoms with van der Waals surface area (Å²) in [6.45, 7) is 1.72. The summed E-state index contributed by atoms with van der Waals surface area (Å²) in [4.78, 5) is 32.4. The molecule has 0 spiro atoms. The van der Waals surface area contributed by atoms with Gasteiger partial charge in [0.1, 0.15) is 0 Å². The predicted molar refractivity (Wildman–Crippen MR) is 135 cm³/mol. The molecule has 1 amide bonds. The van der Waals surface area contributed by atoms with Gasteiger partial charge in [-0.3, -0.25) is 4.79 Å². The molecule has 8 nitrogen and oxygen atoms in total. The van der Waals surface area contributed by atoms with Gasteiger partial charge in [-0.15, -0.1) is 0 Å². The molecule has 1 aliphatic carbocycles. The number of carbonyl (C=O) groups excluding carboxylic acids is 2. The molecule has 0 radical (unpaired) electrons. The van der Waals surface area contributed by atoms with E-state index >= 15 is 0 Å². The van der Waals surface area contributed by atoms with Crippen LogP contribution in [-0.2, 0) is 20.7 Å². The van der Waals surface area contributed by atoms with Crippen LogP contribution >= 0.6 is 0 Å². The SMILES string of the molecule is COc1ccc(/C=C2\CCc3c2nc2ccccc2c3C(=O)OCC(=O)N2CCOCC2)cc1OC. The number of hydrogen-bond acceptors (Lipinski definition) is 7. The quantitative estimate of drug-likeness (QED) is 0.489. The highest BCUT2D eigenvalue weighted by atomic mass is 16.5. The van der Waals surface area contributed by atoms with Crippen molar-refractivity contribution >= 4 is 34.4 Å². The Bertz CT molecular complexity index is 1340. The normalized spacial score (nSPS) is 16.2. The number of fused-ring (bicyclic) bond motifs is 2. The van der Waals surface area contributed by atoms with Crippen LogP contribution in [0.5, 0.6) is 11.5 Å². The molecule has 36 heavy (non-hydrogen) atoms. The lowest BCUT2D eigenvalue weighted by atomic mass is 10.0. The number of methoxy groups -OCH3 is 2. The van der Waals surface area contributed by atoms with E-state index in [1.54, 1.807) is 19.1 Å². The Morgan fingerprint density at radius 1 is 1.03 bits per heavy atom. The number of nitrogens with zero attached hydrogens (tertiary/aromatic N) is 2. The van der Waals surface area contributed by atoms with E-state index in [-0.39, 0.29) is 12.5 Å². The highest BCUT2D eigenvalue weighted by Gasteiger charge is 2.28. The van der Waals surface area contributed by atoms with Crippen molar-refractivity contribution in [3.8, 4) is 11.5 Å². The zero-order valence-electron chi connectivity index (χ0n) is 20.4. The topological polar surface area (TPSA) is 87.2 Å². The summed E-state index contributed by atoms with van der Waals surface area (Å²) < 4.78 is 21.6. The van der Waals surface area contributed by atoms with Crippen molar-refractivity contribution in [1.82, 2.24) is 9.88 Å². The number of aromatic nitrogens is 1. The molecule has 1 saturated heterocycles. The Morgan fingerprint density at radius 3 is 2.58 bits per heavy atom. The van der Waals surface area contributed by atoms with Gasteiger partial charge in [0.05, 0.1) is 44.2 Å². The number of esters is 1. The molecule has 1 aliphatic heterocycles. The van der Waals surface area contributed by atoms with Gasteiger partial charge in [0.15, 0.2) is 18.1 Å². The first-order chi connectivity index (χ1) is 17.6. The first-order valence-corrected chi connectivity index (χ1v) is 12.0. The lowest BCUT2D eigenvalue weighted by molar-refractivity contribution is -0.138. The minimum absolute atomic E-state index is 0.212. The van der Waals surface area contributed by atoms with Crippen LogP contribution < -0.4 is 9.47 Å². The molecule has 2 aliphatic rings. The number of morpholine rings is 1. The van der Waals surface area contributed by atoms with Crippen molar-refractivity contribution in [2.45, 2.75) is 12.8 Å². The molecule has 1 aromatic heterocycles. The Labute approximate surface area is 209 Å². The zero-order chi connectivity index (χ0) is 25.1. The number of carbonyl (C=O) groups is 2. The standard InChI is InChI=1S/C28H28N2O6/c1-33-23-10-7-18(16-24(23)34-2)15-19-8-9-21-26(20-5-3-4-6-22(20)29-27(19)21)28(32)36-17-25(31)30-11-13-35-14-12-30/h3-7,10,15-16H,8-9,11-14,17H2,1-2H3/b19-15+. The van der Waals surface area contributed by atoms with Gasteiger partial charge in [-0.1, -0.05) is 24.3 Å². The molecule has 8 heteroatoms. The number of rotatable bonds is 6. The lowest BCUT2D eigenvalue weighted by Crippen LogP contribution is -2.42. The van der Waals surface area contributed by atoms with E-state index in [2.05, 4.69) is 6.08 Å². The monoisotopic (exact) mass is 488 g/mol. The van der Waals surface area contributed by atoms with Crippen LogP contribution in [-0.4, -0.2) is 68.9 Å². The van der Waals surface area contributed by atoms with Gasteiger partial charge < -0.3 is 23.8 Å². The minimum Gasteiger partial charge on any atom is -0.493 e. The van der Waals surface area contributed by atoms with Gasteiger partial charge in [0.25, 0.3) is 5.91 Å². The average molecular weight is 489 g/mol. The summed E-state index contributed by atoms with van der Waals surface area (Å²) in [7, 11) is 3.21. The van der Waals surface area contributed by atoms with Crippen molar-refractivity contribution in [2.24, 2.45) is 0 Å². The van der Waals surface area contributed by atoms with E-state index in [4.69, 9.17) is 23.9 Å². The Morgan fingerprint density at radius 2 is 1.81 bits per heavy atom. The van der Waals surface area contributed by atoms with Gasteiger partial charge in [0, 0.05) is 18.5 Å². The van der Waals surface area contributed by atoms with E-state index in [1.807, 2.05) is 42.5 Å². The molecule has 0 saturated carbocycles. The molecule has 2 aromatic carbocycles. The number of amides is 1. The van der Waals surface area contributed by atoms with Crippen LogP contribution in [0.4, 0.5) is 0 Å². The molecule has 0 unspecified atom stereocenters. The van der Waals surface area contributed by atoms with E-state index in [0.717, 1.165) is 34.2 Å². The fourth-order valence-electron chi connectivity index (χ4n) is 4.76. The smallest absolute Gasteiger partial charge is 0.339 e. The van der Waals surface area contributed by atoms with Crippen LogP contribution in [0.15, 0.2) is 42.5 Å². The summed E-state index contributed by atoms with van der Waals surface area (Å²) in [5.41, 5.74) is 4.82. The molecule has 2 heterocycles. The zero-order valence-corrected chi connectivity index (χ0v) is 20.4. The van der Waals surface area contributed by atoms with E-state index in [1.165, 1.54) is 0 Å². The van der Waals surface area contributed by atoms with Crippen molar-refractivity contribution < 1.29 is 28.5 Å². The van der Waals surface area contributed by atoms with E-state index in [0.29, 0.717) is 55.3 Å². The van der Waals surface area contributed by atoms with Crippen LogP contribution in [0.1, 0.15) is 33.6 Å². The van der Waals surface area contributed by atoms with Gasteiger partial charge in [-0.2, -0.15) is 0 Å². The third kappa shape index (κ3) is 4.64. The minimum atomic E-state index is -0.501. The van der Waals surface area contributed by atoms with Crippen molar-refractivity contribution in [3.05, 3.63) is 64.8 Å². The third-order valence-electron chi connectivity index (χ3n) is 6.58. The summed E-state index contributed by atoms with van der Waals surface area (Å²) in [6, 6.07) is 13.3. The van der Waals surface area contributed by atoms with Crippen LogP contribution in [0, 0.1) is 0 Å². The summed E-state index contributed by atoms with van der Waals surface area (Å²) >= 11 is 0. The van der Waals surface area contributed by atoms with Gasteiger partial charge in [-0.05, 0) is 53.8 Å². The molecule has 0 atom stereocenters. The molecular formula is C28H28N2O6. The maximum Gasteiger partial charge on any atom is 0.339 e. The van der Waals surface area contributed by atoms with Crippen LogP contribution in [0.25, 0.3) is 22.6 Å². The van der Waals surface area contributed by atoms with E-state index in [9.17, 15) is 9.59 Å². The number of allylic oxidation sites excluding steroid dienone is 1. The molecule has 186 valence electrons. The number of hydrogen-bond donors (Lipinski definition) is 0. The second-order valence-corrected chi connectivity index (χ2v) is 8.68. The first kappa shape index (κ1) is 23.8. The lowest BCUT2D eigenvalue weighted by Gasteiger charge is -2.26. The van der Waals surface area contributed by atoms with Crippen molar-refractivity contribution in [3.63, 3.8) is 0 Å². The van der Waals surface area contributed by atoms with Crippen LogP contribution in [0.3, 0.4) is 0 Å². The summed E-state index contributed by atoms with van der Waals surface area (Å²) in [5.74, 6) is 0.590. The number of pyridine rings is 1. The molecular weight excluding hydrogens is 460 g/mol. The molecule has 1 fully saturated rings. The highest BCUT2D eigenvalue weighted by molar-refractivity contribution is 6.07. The number of ether oxygens (including phenoxy) is 4. The fourth-order valence-corrected chi connectivity index (χ4v) is 4.76. The van der Waals surface area contributed by atoms with Crippen molar-refractivity contribution in [2.75, 3.05) is 47.1 Å². The number of benzene rings is 2. The molecule has 0 N–H and O–H groups in total.